The highest BCUT2D eigenvalue weighted by molar-refractivity contribution is 6.04. The zero-order chi connectivity index (χ0) is 19.3. The van der Waals surface area contributed by atoms with Gasteiger partial charge in [0.05, 0.1) is 11.0 Å². The molecule has 0 saturated heterocycles. The Morgan fingerprint density at radius 1 is 1.07 bits per heavy atom. The first kappa shape index (κ1) is 16.4. The van der Waals surface area contributed by atoms with Crippen LogP contribution in [-0.4, -0.2) is 29.8 Å². The molecule has 8 heteroatoms. The van der Waals surface area contributed by atoms with Crippen molar-refractivity contribution in [2.75, 3.05) is 0 Å². The molecule has 0 bridgehead atoms. The number of hydrogen-bond acceptors (Lipinski definition) is 6. The van der Waals surface area contributed by atoms with Gasteiger partial charge in [-0.15, -0.1) is 20.4 Å². The van der Waals surface area contributed by atoms with Crippen molar-refractivity contribution in [2.45, 2.75) is 20.4 Å². The molecule has 3 aromatic heterocycles. The highest BCUT2D eigenvalue weighted by Gasteiger charge is 2.14. The van der Waals surface area contributed by atoms with Gasteiger partial charge in [-0.2, -0.15) is 4.98 Å². The van der Waals surface area contributed by atoms with E-state index in [0.29, 0.717) is 11.3 Å². The zero-order valence-electron chi connectivity index (χ0n) is 15.4. The lowest BCUT2D eigenvalue weighted by Gasteiger charge is -2.00. The Morgan fingerprint density at radius 2 is 1.93 bits per heavy atom. The van der Waals surface area contributed by atoms with Crippen LogP contribution in [-0.2, 0) is 6.54 Å². The maximum absolute atomic E-state index is 10.2. The van der Waals surface area contributed by atoms with E-state index in [-0.39, 0.29) is 11.8 Å². The van der Waals surface area contributed by atoms with Gasteiger partial charge in [0.25, 0.3) is 5.95 Å². The van der Waals surface area contributed by atoms with E-state index in [2.05, 4.69) is 41.9 Å². The Morgan fingerprint density at radius 3 is 2.79 bits per heavy atom. The first-order chi connectivity index (χ1) is 13.7. The minimum Gasteiger partial charge on any atom is -0.493 e. The molecule has 5 rings (SSSR count). The number of aromatic amines is 1. The molecule has 0 aliphatic heterocycles. The number of aryl methyl sites for hydroxylation is 2. The molecule has 3 heterocycles. The summed E-state index contributed by atoms with van der Waals surface area (Å²) in [7, 11) is 0. The summed E-state index contributed by atoms with van der Waals surface area (Å²) in [5, 5.41) is 28.7. The standard InChI is InChI=1S/C20H17N7O/c1-3-27-15-7-5-4-6-12(15)16-18(27)22-20(25-23-16)26-24-17-13-10-11(2)8-9-14(13)21-19(17)28/h4-10,21,28H,3H2,1-2H3. The molecule has 0 aliphatic rings. The number of aromatic nitrogens is 5. The van der Waals surface area contributed by atoms with E-state index in [1.165, 1.54) is 0 Å². The summed E-state index contributed by atoms with van der Waals surface area (Å²) in [6.45, 7) is 4.79. The molecule has 0 unspecified atom stereocenters. The molecular weight excluding hydrogens is 354 g/mol. The van der Waals surface area contributed by atoms with E-state index >= 15 is 0 Å². The number of rotatable bonds is 3. The number of nitrogens with one attached hydrogen (secondary N) is 1. The highest BCUT2D eigenvalue weighted by atomic mass is 16.3. The van der Waals surface area contributed by atoms with Crippen LogP contribution in [0.25, 0.3) is 33.0 Å². The Labute approximate surface area is 159 Å². The number of benzene rings is 2. The SMILES string of the molecule is CCn1c2ccccc2c2nnc(N=Nc3c(O)[nH]c4ccc(C)cc34)nc21. The van der Waals surface area contributed by atoms with Gasteiger partial charge in [0, 0.05) is 17.3 Å². The smallest absolute Gasteiger partial charge is 0.289 e. The van der Waals surface area contributed by atoms with Crippen molar-refractivity contribution in [3.05, 3.63) is 48.0 Å². The van der Waals surface area contributed by atoms with Gasteiger partial charge >= 0.3 is 0 Å². The van der Waals surface area contributed by atoms with Crippen LogP contribution < -0.4 is 0 Å². The molecule has 0 amide bonds. The molecule has 0 radical (unpaired) electrons. The van der Waals surface area contributed by atoms with Crippen LogP contribution in [0.3, 0.4) is 0 Å². The summed E-state index contributed by atoms with van der Waals surface area (Å²) < 4.78 is 2.07. The summed E-state index contributed by atoms with van der Waals surface area (Å²) in [5.41, 5.74) is 4.72. The molecule has 0 spiro atoms. The third-order valence-corrected chi connectivity index (χ3v) is 4.83. The quantitative estimate of drug-likeness (QED) is 0.440. The summed E-state index contributed by atoms with van der Waals surface area (Å²) in [4.78, 5) is 7.44. The van der Waals surface area contributed by atoms with Crippen molar-refractivity contribution in [2.24, 2.45) is 10.2 Å². The van der Waals surface area contributed by atoms with E-state index in [1.807, 2.05) is 49.4 Å². The normalized spacial score (nSPS) is 12.1. The molecule has 138 valence electrons. The lowest BCUT2D eigenvalue weighted by atomic mass is 10.2. The molecule has 2 N–H and O–H groups in total. The van der Waals surface area contributed by atoms with Crippen molar-refractivity contribution in [1.29, 1.82) is 0 Å². The van der Waals surface area contributed by atoms with E-state index in [9.17, 15) is 5.11 Å². The Balaban J connectivity index is 1.64. The van der Waals surface area contributed by atoms with Crippen LogP contribution in [0, 0.1) is 6.92 Å². The van der Waals surface area contributed by atoms with Crippen LogP contribution in [0.1, 0.15) is 12.5 Å². The molecule has 0 fully saturated rings. The largest absolute Gasteiger partial charge is 0.493 e. The van der Waals surface area contributed by atoms with Gasteiger partial charge in [0.2, 0.25) is 5.88 Å². The predicted octanol–water partition coefficient (Wildman–Crippen LogP) is 4.91. The molecule has 0 aliphatic carbocycles. The van der Waals surface area contributed by atoms with E-state index < -0.39 is 0 Å². The fourth-order valence-corrected chi connectivity index (χ4v) is 3.53. The van der Waals surface area contributed by atoms with Gasteiger partial charge in [-0.05, 0) is 32.0 Å². The second-order valence-electron chi connectivity index (χ2n) is 6.62. The molecule has 28 heavy (non-hydrogen) atoms. The number of aromatic hydroxyl groups is 1. The minimum atomic E-state index is -0.0407. The minimum absolute atomic E-state index is 0.0407. The van der Waals surface area contributed by atoms with Crippen molar-refractivity contribution in [3.63, 3.8) is 0 Å². The third-order valence-electron chi connectivity index (χ3n) is 4.83. The van der Waals surface area contributed by atoms with E-state index in [0.717, 1.165) is 39.4 Å². The number of nitrogens with zero attached hydrogens (tertiary/aromatic N) is 6. The highest BCUT2D eigenvalue weighted by Crippen LogP contribution is 2.36. The molecule has 0 saturated carbocycles. The second-order valence-corrected chi connectivity index (χ2v) is 6.62. The zero-order valence-corrected chi connectivity index (χ0v) is 15.4. The maximum atomic E-state index is 10.2. The number of H-pyrrole nitrogens is 1. The average Bonchev–Trinajstić information content (AvgIpc) is 3.19. The summed E-state index contributed by atoms with van der Waals surface area (Å²) >= 11 is 0. The van der Waals surface area contributed by atoms with Crippen molar-refractivity contribution < 1.29 is 5.11 Å². The number of hydrogen-bond donors (Lipinski definition) is 2. The lowest BCUT2D eigenvalue weighted by molar-refractivity contribution is 0.459. The van der Waals surface area contributed by atoms with Crippen LogP contribution in [0.4, 0.5) is 11.6 Å². The summed E-state index contributed by atoms with van der Waals surface area (Å²) in [5.74, 6) is 0.104. The van der Waals surface area contributed by atoms with Crippen LogP contribution in [0.15, 0.2) is 52.7 Å². The van der Waals surface area contributed by atoms with Gasteiger partial charge in [0.1, 0.15) is 5.52 Å². The predicted molar refractivity (Wildman–Crippen MR) is 107 cm³/mol. The van der Waals surface area contributed by atoms with Crippen molar-refractivity contribution in [1.82, 2.24) is 24.7 Å². The van der Waals surface area contributed by atoms with Crippen LogP contribution in [0.2, 0.25) is 0 Å². The number of azo groups is 1. The van der Waals surface area contributed by atoms with Gasteiger partial charge < -0.3 is 14.7 Å². The van der Waals surface area contributed by atoms with E-state index in [4.69, 9.17) is 0 Å². The van der Waals surface area contributed by atoms with Crippen molar-refractivity contribution in [3.8, 4) is 5.88 Å². The van der Waals surface area contributed by atoms with Gasteiger partial charge in [-0.3, -0.25) is 0 Å². The fraction of sp³-hybridized carbons (Fsp3) is 0.150. The number of fused-ring (bicyclic) bond motifs is 4. The molecule has 8 nitrogen and oxygen atoms in total. The van der Waals surface area contributed by atoms with Gasteiger partial charge in [-0.25, -0.2) is 0 Å². The van der Waals surface area contributed by atoms with Gasteiger partial charge in [-0.1, -0.05) is 29.8 Å². The Hall–Kier alpha value is -3.81. The molecule has 5 aromatic rings. The first-order valence-electron chi connectivity index (χ1n) is 9.00. The van der Waals surface area contributed by atoms with Crippen molar-refractivity contribution >= 4 is 44.6 Å². The topological polar surface area (TPSA) is 104 Å². The van der Waals surface area contributed by atoms with Crippen LogP contribution >= 0.6 is 0 Å². The van der Waals surface area contributed by atoms with E-state index in [1.54, 1.807) is 0 Å². The Bertz CT molecular complexity index is 1380. The third kappa shape index (κ3) is 2.42. The Kier molecular flexibility index (Phi) is 3.58. The van der Waals surface area contributed by atoms with Gasteiger partial charge in [0.15, 0.2) is 11.3 Å². The molecule has 0 atom stereocenters. The average molecular weight is 371 g/mol. The second kappa shape index (κ2) is 6.12. The van der Waals surface area contributed by atoms with Crippen LogP contribution in [0.5, 0.6) is 5.88 Å². The molecule has 2 aromatic carbocycles. The monoisotopic (exact) mass is 371 g/mol. The first-order valence-corrected chi connectivity index (χ1v) is 9.00. The lowest BCUT2D eigenvalue weighted by Crippen LogP contribution is -1.96. The fourth-order valence-electron chi connectivity index (χ4n) is 3.53. The molecular formula is C20H17N7O. The summed E-state index contributed by atoms with van der Waals surface area (Å²) in [6.07, 6.45) is 0. The maximum Gasteiger partial charge on any atom is 0.289 e. The number of para-hydroxylation sites is 1. The summed E-state index contributed by atoms with van der Waals surface area (Å²) in [6, 6.07) is 13.8.